The molecule has 1 saturated carbocycles. The predicted molar refractivity (Wildman–Crippen MR) is 49.3 cm³/mol. The largest absolute Gasteiger partial charge is 0.466 e. The highest BCUT2D eigenvalue weighted by Crippen LogP contribution is 2.58. The molecule has 1 saturated heterocycles. The summed E-state index contributed by atoms with van der Waals surface area (Å²) in [6.07, 6.45) is 2.17. The summed E-state index contributed by atoms with van der Waals surface area (Å²) >= 11 is 0. The van der Waals surface area contributed by atoms with Crippen molar-refractivity contribution >= 4 is 5.97 Å². The number of carbonyl (C=O) groups is 1. The van der Waals surface area contributed by atoms with Crippen LogP contribution < -0.4 is 5.32 Å². The zero-order valence-electron chi connectivity index (χ0n) is 8.30. The highest BCUT2D eigenvalue weighted by molar-refractivity contribution is 5.77. The number of hydrogen-bond acceptors (Lipinski definition) is 3. The van der Waals surface area contributed by atoms with Gasteiger partial charge in [0.2, 0.25) is 0 Å². The van der Waals surface area contributed by atoms with E-state index in [1.54, 1.807) is 0 Å². The summed E-state index contributed by atoms with van der Waals surface area (Å²) in [4.78, 5) is 11.4. The molecule has 2 aliphatic rings. The van der Waals surface area contributed by atoms with Crippen LogP contribution in [-0.2, 0) is 9.53 Å². The second-order valence-electron chi connectivity index (χ2n) is 4.36. The normalized spacial score (nSPS) is 42.3. The van der Waals surface area contributed by atoms with Crippen molar-refractivity contribution in [1.29, 1.82) is 0 Å². The minimum absolute atomic E-state index is 0.0124. The number of esters is 1. The van der Waals surface area contributed by atoms with E-state index in [1.807, 2.05) is 6.92 Å². The Morgan fingerprint density at radius 2 is 2.38 bits per heavy atom. The highest BCUT2D eigenvalue weighted by atomic mass is 16.5. The molecule has 0 aromatic rings. The SMILES string of the molecule is CCOC(=O)C1CC12CNC(C)C2. The first kappa shape index (κ1) is 9.00. The maximum Gasteiger partial charge on any atom is 0.309 e. The maximum absolute atomic E-state index is 11.4. The minimum atomic E-state index is 0.0124. The predicted octanol–water partition coefficient (Wildman–Crippen LogP) is 0.938. The smallest absolute Gasteiger partial charge is 0.309 e. The molecule has 13 heavy (non-hydrogen) atoms. The Kier molecular flexibility index (Phi) is 2.06. The minimum Gasteiger partial charge on any atom is -0.466 e. The zero-order chi connectivity index (χ0) is 9.47. The van der Waals surface area contributed by atoms with E-state index in [9.17, 15) is 4.79 Å². The number of carbonyl (C=O) groups excluding carboxylic acids is 1. The third kappa shape index (κ3) is 1.46. The Labute approximate surface area is 78.8 Å². The van der Waals surface area contributed by atoms with Crippen LogP contribution in [0.5, 0.6) is 0 Å². The maximum atomic E-state index is 11.4. The van der Waals surface area contributed by atoms with Crippen molar-refractivity contribution in [3.8, 4) is 0 Å². The van der Waals surface area contributed by atoms with Gasteiger partial charge in [-0.05, 0) is 32.1 Å². The van der Waals surface area contributed by atoms with Crippen molar-refractivity contribution in [1.82, 2.24) is 5.32 Å². The molecule has 0 bridgehead atoms. The van der Waals surface area contributed by atoms with E-state index in [4.69, 9.17) is 4.74 Å². The van der Waals surface area contributed by atoms with Gasteiger partial charge in [-0.25, -0.2) is 0 Å². The van der Waals surface area contributed by atoms with Crippen molar-refractivity contribution in [3.05, 3.63) is 0 Å². The lowest BCUT2D eigenvalue weighted by atomic mass is 10.0. The molecule has 1 aliphatic carbocycles. The van der Waals surface area contributed by atoms with Crippen LogP contribution in [0.2, 0.25) is 0 Å². The fourth-order valence-electron chi connectivity index (χ4n) is 2.48. The lowest BCUT2D eigenvalue weighted by Crippen LogP contribution is -2.18. The molecule has 0 amide bonds. The lowest BCUT2D eigenvalue weighted by Gasteiger charge is -2.06. The average Bonchev–Trinajstić information content (AvgIpc) is 2.64. The number of ether oxygens (including phenoxy) is 1. The standard InChI is InChI=1S/C10H17NO2/c1-3-13-9(12)8-5-10(8)4-7(2)11-6-10/h7-8,11H,3-6H2,1-2H3. The fourth-order valence-corrected chi connectivity index (χ4v) is 2.48. The number of hydrogen-bond donors (Lipinski definition) is 1. The van der Waals surface area contributed by atoms with Gasteiger partial charge in [0.25, 0.3) is 0 Å². The summed E-state index contributed by atoms with van der Waals surface area (Å²) in [6.45, 7) is 5.55. The van der Waals surface area contributed by atoms with E-state index in [1.165, 1.54) is 0 Å². The summed E-state index contributed by atoms with van der Waals surface area (Å²) in [7, 11) is 0. The quantitative estimate of drug-likeness (QED) is 0.647. The summed E-state index contributed by atoms with van der Waals surface area (Å²) < 4.78 is 5.02. The van der Waals surface area contributed by atoms with Crippen molar-refractivity contribution < 1.29 is 9.53 Å². The van der Waals surface area contributed by atoms with Crippen LogP contribution >= 0.6 is 0 Å². The first-order valence-corrected chi connectivity index (χ1v) is 5.08. The Morgan fingerprint density at radius 3 is 2.92 bits per heavy atom. The summed E-state index contributed by atoms with van der Waals surface area (Å²) in [5, 5.41) is 3.39. The van der Waals surface area contributed by atoms with Crippen LogP contribution in [0.25, 0.3) is 0 Å². The molecule has 3 atom stereocenters. The van der Waals surface area contributed by atoms with Crippen LogP contribution in [-0.4, -0.2) is 25.2 Å². The third-order valence-electron chi connectivity index (χ3n) is 3.28. The van der Waals surface area contributed by atoms with Crippen molar-refractivity contribution in [2.75, 3.05) is 13.2 Å². The Bertz CT molecular complexity index is 229. The Balaban J connectivity index is 1.90. The molecule has 3 heteroatoms. The van der Waals surface area contributed by atoms with Crippen LogP contribution in [0.1, 0.15) is 26.7 Å². The first-order chi connectivity index (χ1) is 6.18. The number of nitrogens with one attached hydrogen (secondary N) is 1. The second kappa shape index (κ2) is 2.98. The average molecular weight is 183 g/mol. The molecule has 2 rings (SSSR count). The summed E-state index contributed by atoms with van der Waals surface area (Å²) in [6, 6.07) is 0.569. The van der Waals surface area contributed by atoms with Gasteiger partial charge in [-0.15, -0.1) is 0 Å². The number of rotatable bonds is 2. The molecule has 0 aromatic carbocycles. The molecular formula is C10H17NO2. The zero-order valence-corrected chi connectivity index (χ0v) is 8.30. The van der Waals surface area contributed by atoms with Crippen molar-refractivity contribution in [2.45, 2.75) is 32.7 Å². The Hall–Kier alpha value is -0.570. The van der Waals surface area contributed by atoms with Crippen molar-refractivity contribution in [2.24, 2.45) is 11.3 Å². The molecule has 2 fully saturated rings. The van der Waals surface area contributed by atoms with E-state index in [0.29, 0.717) is 12.6 Å². The van der Waals surface area contributed by atoms with Gasteiger partial charge in [0, 0.05) is 12.6 Å². The molecule has 1 N–H and O–H groups in total. The fraction of sp³-hybridized carbons (Fsp3) is 0.900. The molecule has 74 valence electrons. The highest BCUT2D eigenvalue weighted by Gasteiger charge is 2.61. The molecular weight excluding hydrogens is 166 g/mol. The topological polar surface area (TPSA) is 38.3 Å². The van der Waals surface area contributed by atoms with Gasteiger partial charge in [0.15, 0.2) is 0 Å². The molecule has 0 aromatic heterocycles. The van der Waals surface area contributed by atoms with Crippen molar-refractivity contribution in [3.63, 3.8) is 0 Å². The van der Waals surface area contributed by atoms with Crippen LogP contribution in [0.4, 0.5) is 0 Å². The van der Waals surface area contributed by atoms with Gasteiger partial charge in [0.1, 0.15) is 0 Å². The lowest BCUT2D eigenvalue weighted by molar-refractivity contribution is -0.145. The molecule has 1 heterocycles. The van der Waals surface area contributed by atoms with Gasteiger partial charge in [-0.1, -0.05) is 0 Å². The van der Waals surface area contributed by atoms with E-state index < -0.39 is 0 Å². The van der Waals surface area contributed by atoms with E-state index in [0.717, 1.165) is 19.4 Å². The monoisotopic (exact) mass is 183 g/mol. The molecule has 1 aliphatic heterocycles. The molecule has 0 radical (unpaired) electrons. The van der Waals surface area contributed by atoms with Gasteiger partial charge in [-0.3, -0.25) is 4.79 Å². The Morgan fingerprint density at radius 1 is 1.62 bits per heavy atom. The summed E-state index contributed by atoms with van der Waals surface area (Å²) in [5.74, 6) is 0.198. The van der Waals surface area contributed by atoms with Gasteiger partial charge >= 0.3 is 5.97 Å². The van der Waals surface area contributed by atoms with Crippen LogP contribution in [0.3, 0.4) is 0 Å². The summed E-state index contributed by atoms with van der Waals surface area (Å²) in [5.41, 5.74) is 0.270. The van der Waals surface area contributed by atoms with E-state index in [2.05, 4.69) is 12.2 Å². The first-order valence-electron chi connectivity index (χ1n) is 5.08. The molecule has 1 spiro atoms. The second-order valence-corrected chi connectivity index (χ2v) is 4.36. The van der Waals surface area contributed by atoms with Gasteiger partial charge in [0.05, 0.1) is 12.5 Å². The van der Waals surface area contributed by atoms with E-state index >= 15 is 0 Å². The van der Waals surface area contributed by atoms with Crippen LogP contribution in [0.15, 0.2) is 0 Å². The van der Waals surface area contributed by atoms with Crippen LogP contribution in [0, 0.1) is 11.3 Å². The molecule has 3 unspecified atom stereocenters. The molecule has 3 nitrogen and oxygen atoms in total. The van der Waals surface area contributed by atoms with Gasteiger partial charge in [-0.2, -0.15) is 0 Å². The van der Waals surface area contributed by atoms with Gasteiger partial charge < -0.3 is 10.1 Å². The third-order valence-corrected chi connectivity index (χ3v) is 3.28. The van der Waals surface area contributed by atoms with E-state index in [-0.39, 0.29) is 17.3 Å².